The van der Waals surface area contributed by atoms with Crippen LogP contribution in [0, 0.1) is 10.1 Å². The maximum Gasteiger partial charge on any atom is 0.271 e. The van der Waals surface area contributed by atoms with Crippen LogP contribution >= 0.6 is 11.6 Å². The highest BCUT2D eigenvalue weighted by Gasteiger charge is 2.18. The SMILES string of the molecule is CC(C)(C)NC(=O)c1cc(Cl)cc([N+](=O)[O-])c1. The summed E-state index contributed by atoms with van der Waals surface area (Å²) in [5.41, 5.74) is -0.426. The van der Waals surface area contributed by atoms with Gasteiger partial charge in [-0.3, -0.25) is 14.9 Å². The molecule has 92 valence electrons. The Bertz CT molecular complexity index is 466. The van der Waals surface area contributed by atoms with Gasteiger partial charge in [0.15, 0.2) is 0 Å². The zero-order chi connectivity index (χ0) is 13.2. The lowest BCUT2D eigenvalue weighted by atomic mass is 10.1. The third-order valence-corrected chi connectivity index (χ3v) is 2.06. The largest absolute Gasteiger partial charge is 0.347 e. The maximum atomic E-state index is 11.8. The summed E-state index contributed by atoms with van der Waals surface area (Å²) in [6.45, 7) is 5.47. The Balaban J connectivity index is 3.06. The predicted octanol–water partition coefficient (Wildman–Crippen LogP) is 2.78. The van der Waals surface area contributed by atoms with Gasteiger partial charge >= 0.3 is 0 Å². The van der Waals surface area contributed by atoms with Crippen molar-refractivity contribution in [2.45, 2.75) is 26.3 Å². The fourth-order valence-electron chi connectivity index (χ4n) is 1.22. The summed E-state index contributed by atoms with van der Waals surface area (Å²) in [5, 5.41) is 13.5. The monoisotopic (exact) mass is 256 g/mol. The molecule has 0 saturated heterocycles. The topological polar surface area (TPSA) is 72.2 Å². The maximum absolute atomic E-state index is 11.8. The van der Waals surface area contributed by atoms with Crippen LogP contribution in [0.2, 0.25) is 5.02 Å². The quantitative estimate of drug-likeness (QED) is 0.653. The fraction of sp³-hybridized carbons (Fsp3) is 0.364. The first-order chi connectivity index (χ1) is 7.69. The first kappa shape index (κ1) is 13.4. The van der Waals surface area contributed by atoms with Crippen molar-refractivity contribution in [3.05, 3.63) is 38.9 Å². The van der Waals surface area contributed by atoms with Crippen molar-refractivity contribution < 1.29 is 9.72 Å². The van der Waals surface area contributed by atoms with Gasteiger partial charge in [-0.2, -0.15) is 0 Å². The van der Waals surface area contributed by atoms with Gasteiger partial charge in [0.05, 0.1) is 4.92 Å². The van der Waals surface area contributed by atoms with Crippen molar-refractivity contribution in [2.75, 3.05) is 0 Å². The average Bonchev–Trinajstić information content (AvgIpc) is 2.13. The molecule has 0 aromatic heterocycles. The highest BCUT2D eigenvalue weighted by molar-refractivity contribution is 6.31. The van der Waals surface area contributed by atoms with Crippen molar-refractivity contribution in [3.63, 3.8) is 0 Å². The Morgan fingerprint density at radius 3 is 2.41 bits per heavy atom. The normalized spacial score (nSPS) is 11.1. The van der Waals surface area contributed by atoms with Gasteiger partial charge in [0, 0.05) is 28.3 Å². The molecule has 0 aliphatic rings. The number of halogens is 1. The number of rotatable bonds is 2. The van der Waals surface area contributed by atoms with E-state index in [2.05, 4.69) is 5.32 Å². The van der Waals surface area contributed by atoms with E-state index in [0.717, 1.165) is 0 Å². The number of non-ortho nitro benzene ring substituents is 1. The van der Waals surface area contributed by atoms with Gasteiger partial charge < -0.3 is 5.32 Å². The molecule has 1 rings (SSSR count). The van der Waals surface area contributed by atoms with E-state index in [1.807, 2.05) is 20.8 Å². The van der Waals surface area contributed by atoms with E-state index >= 15 is 0 Å². The second kappa shape index (κ2) is 4.71. The van der Waals surface area contributed by atoms with Crippen LogP contribution in [0.25, 0.3) is 0 Å². The van der Waals surface area contributed by atoms with Gasteiger partial charge in [-0.25, -0.2) is 0 Å². The van der Waals surface area contributed by atoms with Crippen LogP contribution in [0.15, 0.2) is 18.2 Å². The first-order valence-electron chi connectivity index (χ1n) is 4.96. The minimum Gasteiger partial charge on any atom is -0.347 e. The Hall–Kier alpha value is -1.62. The number of hydrogen-bond acceptors (Lipinski definition) is 3. The van der Waals surface area contributed by atoms with Crippen LogP contribution in [0.4, 0.5) is 5.69 Å². The summed E-state index contributed by atoms with van der Waals surface area (Å²) in [6.07, 6.45) is 0. The van der Waals surface area contributed by atoms with E-state index < -0.39 is 10.5 Å². The minimum atomic E-state index is -0.584. The molecule has 0 radical (unpaired) electrons. The van der Waals surface area contributed by atoms with Gasteiger partial charge in [-0.1, -0.05) is 11.6 Å². The molecule has 0 fully saturated rings. The summed E-state index contributed by atoms with van der Waals surface area (Å²) in [5.74, 6) is -0.386. The van der Waals surface area contributed by atoms with Crippen LogP contribution in [0.3, 0.4) is 0 Å². The summed E-state index contributed by atoms with van der Waals surface area (Å²) in [7, 11) is 0. The number of nitrogens with one attached hydrogen (secondary N) is 1. The number of nitrogens with zero attached hydrogens (tertiary/aromatic N) is 1. The molecule has 1 aromatic rings. The molecule has 0 atom stereocenters. The average molecular weight is 257 g/mol. The Kier molecular flexibility index (Phi) is 3.72. The van der Waals surface area contributed by atoms with Crippen LogP contribution in [0.5, 0.6) is 0 Å². The third kappa shape index (κ3) is 4.03. The molecule has 0 aliphatic heterocycles. The molecule has 0 heterocycles. The number of nitro groups is 1. The molecule has 17 heavy (non-hydrogen) atoms. The summed E-state index contributed by atoms with van der Waals surface area (Å²) in [4.78, 5) is 21.8. The summed E-state index contributed by atoms with van der Waals surface area (Å²) < 4.78 is 0. The minimum absolute atomic E-state index is 0.165. The number of carbonyl (C=O) groups excluding carboxylic acids is 1. The second-order valence-electron chi connectivity index (χ2n) is 4.66. The fourth-order valence-corrected chi connectivity index (χ4v) is 1.45. The van der Waals surface area contributed by atoms with Crippen molar-refractivity contribution in [1.29, 1.82) is 0 Å². The lowest BCUT2D eigenvalue weighted by Gasteiger charge is -2.20. The Labute approximate surface area is 104 Å². The van der Waals surface area contributed by atoms with E-state index in [1.54, 1.807) is 0 Å². The van der Waals surface area contributed by atoms with Gasteiger partial charge in [-0.05, 0) is 26.8 Å². The van der Waals surface area contributed by atoms with Crippen LogP contribution in [-0.4, -0.2) is 16.4 Å². The molecule has 0 aliphatic carbocycles. The molecule has 0 unspecified atom stereocenters. The Morgan fingerprint density at radius 1 is 1.35 bits per heavy atom. The van der Waals surface area contributed by atoms with E-state index in [0.29, 0.717) is 0 Å². The molecule has 1 N–H and O–H groups in total. The summed E-state index contributed by atoms with van der Waals surface area (Å²) >= 11 is 5.72. The summed E-state index contributed by atoms with van der Waals surface area (Å²) in [6, 6.07) is 3.80. The number of hydrogen-bond donors (Lipinski definition) is 1. The molecule has 0 spiro atoms. The molecule has 1 aromatic carbocycles. The molecule has 0 saturated carbocycles. The first-order valence-corrected chi connectivity index (χ1v) is 5.34. The second-order valence-corrected chi connectivity index (χ2v) is 5.10. The standard InChI is InChI=1S/C11H13ClN2O3/c1-11(2,3)13-10(15)7-4-8(12)6-9(5-7)14(16)17/h4-6H,1-3H3,(H,13,15). The number of carbonyl (C=O) groups is 1. The predicted molar refractivity (Wildman–Crippen MR) is 65.3 cm³/mol. The van der Waals surface area contributed by atoms with E-state index in [9.17, 15) is 14.9 Å². The molecule has 0 bridgehead atoms. The van der Waals surface area contributed by atoms with Crippen molar-refractivity contribution in [1.82, 2.24) is 5.32 Å². The highest BCUT2D eigenvalue weighted by atomic mass is 35.5. The number of benzene rings is 1. The van der Waals surface area contributed by atoms with Gasteiger partial charge in [0.2, 0.25) is 0 Å². The van der Waals surface area contributed by atoms with E-state index in [4.69, 9.17) is 11.6 Å². The van der Waals surface area contributed by atoms with Crippen molar-refractivity contribution in [3.8, 4) is 0 Å². The van der Waals surface area contributed by atoms with Crippen LogP contribution in [-0.2, 0) is 0 Å². The van der Waals surface area contributed by atoms with Gasteiger partial charge in [0.25, 0.3) is 11.6 Å². The molecule has 1 amide bonds. The molecular weight excluding hydrogens is 244 g/mol. The zero-order valence-electron chi connectivity index (χ0n) is 9.78. The smallest absolute Gasteiger partial charge is 0.271 e. The molecule has 6 heteroatoms. The van der Waals surface area contributed by atoms with Crippen molar-refractivity contribution in [2.24, 2.45) is 0 Å². The molecule has 5 nitrogen and oxygen atoms in total. The van der Waals surface area contributed by atoms with Crippen LogP contribution < -0.4 is 5.32 Å². The van der Waals surface area contributed by atoms with Gasteiger partial charge in [0.1, 0.15) is 0 Å². The number of amides is 1. The lowest BCUT2D eigenvalue weighted by Crippen LogP contribution is -2.40. The van der Waals surface area contributed by atoms with Crippen molar-refractivity contribution >= 4 is 23.2 Å². The van der Waals surface area contributed by atoms with E-state index in [-0.39, 0.29) is 22.2 Å². The lowest BCUT2D eigenvalue weighted by molar-refractivity contribution is -0.384. The highest BCUT2D eigenvalue weighted by Crippen LogP contribution is 2.21. The third-order valence-electron chi connectivity index (χ3n) is 1.84. The Morgan fingerprint density at radius 2 is 1.94 bits per heavy atom. The van der Waals surface area contributed by atoms with Gasteiger partial charge in [-0.15, -0.1) is 0 Å². The zero-order valence-corrected chi connectivity index (χ0v) is 10.5. The van der Waals surface area contributed by atoms with E-state index in [1.165, 1.54) is 18.2 Å². The molecular formula is C11H13ClN2O3. The number of nitro benzene ring substituents is 1. The van der Waals surface area contributed by atoms with Crippen LogP contribution in [0.1, 0.15) is 31.1 Å².